The van der Waals surface area contributed by atoms with Crippen molar-refractivity contribution in [2.45, 2.75) is 12.6 Å². The van der Waals surface area contributed by atoms with E-state index >= 15 is 0 Å². The van der Waals surface area contributed by atoms with Gasteiger partial charge in [-0.15, -0.1) is 0 Å². The fraction of sp³-hybridized carbons (Fsp3) is 0.143. The lowest BCUT2D eigenvalue weighted by Crippen LogP contribution is -2.12. The molecule has 0 radical (unpaired) electrons. The van der Waals surface area contributed by atoms with Gasteiger partial charge < -0.3 is 10.3 Å². The maximum Gasteiger partial charge on any atom is 0.471 e. The Bertz CT molecular complexity index is 867. The number of carbonyl (C=O) groups excluding carboxylic acids is 1. The highest BCUT2D eigenvalue weighted by molar-refractivity contribution is 5.93. The molecule has 0 fully saturated rings. The lowest BCUT2D eigenvalue weighted by molar-refractivity contribution is -0.159. The molecule has 3 N–H and O–H groups in total. The van der Waals surface area contributed by atoms with Gasteiger partial charge in [-0.25, -0.2) is 0 Å². The molecule has 3 aromatic rings. The van der Waals surface area contributed by atoms with Gasteiger partial charge in [-0.2, -0.15) is 23.3 Å². The fourth-order valence-corrected chi connectivity index (χ4v) is 2.09. The molecule has 0 unspecified atom stereocenters. The highest BCUT2D eigenvalue weighted by atomic mass is 19.4. The molecule has 0 spiro atoms. The van der Waals surface area contributed by atoms with Crippen molar-refractivity contribution >= 4 is 5.91 Å². The van der Waals surface area contributed by atoms with E-state index in [9.17, 15) is 18.0 Å². The Morgan fingerprint density at radius 2 is 1.96 bits per heavy atom. The highest BCUT2D eigenvalue weighted by Crippen LogP contribution is 2.29. The van der Waals surface area contributed by atoms with E-state index < -0.39 is 18.0 Å². The van der Waals surface area contributed by atoms with Crippen molar-refractivity contribution in [2.24, 2.45) is 5.73 Å². The van der Waals surface area contributed by atoms with Crippen LogP contribution in [-0.2, 0) is 12.6 Å². The summed E-state index contributed by atoms with van der Waals surface area (Å²) in [5.41, 5.74) is 7.24. The lowest BCUT2D eigenvalue weighted by Gasteiger charge is -2.02. The number of aromatic nitrogens is 4. The molecule has 2 heterocycles. The number of nitrogens with zero attached hydrogens (tertiary/aromatic N) is 3. The van der Waals surface area contributed by atoms with E-state index in [0.29, 0.717) is 17.7 Å². The van der Waals surface area contributed by atoms with Crippen LogP contribution < -0.4 is 5.73 Å². The number of H-pyrrole nitrogens is 1. The van der Waals surface area contributed by atoms with Crippen molar-refractivity contribution in [1.82, 2.24) is 20.3 Å². The molecule has 1 amide bonds. The third kappa shape index (κ3) is 3.12. The zero-order valence-electron chi connectivity index (χ0n) is 12.0. The number of nitrogens with two attached hydrogens (primary N) is 1. The quantitative estimate of drug-likeness (QED) is 0.758. The number of nitrogens with one attached hydrogen (secondary N) is 1. The first-order valence-electron chi connectivity index (χ1n) is 6.67. The molecule has 1 aromatic carbocycles. The summed E-state index contributed by atoms with van der Waals surface area (Å²) in [6.45, 7) is 0. The van der Waals surface area contributed by atoms with E-state index in [1.807, 2.05) is 0 Å². The van der Waals surface area contributed by atoms with Crippen LogP contribution in [0.25, 0.3) is 11.4 Å². The molecule has 0 saturated heterocycles. The number of rotatable bonds is 4. The monoisotopic (exact) mass is 337 g/mol. The van der Waals surface area contributed by atoms with Gasteiger partial charge in [-0.1, -0.05) is 29.4 Å². The van der Waals surface area contributed by atoms with Gasteiger partial charge in [0.15, 0.2) is 0 Å². The van der Waals surface area contributed by atoms with Crippen molar-refractivity contribution in [3.8, 4) is 11.4 Å². The zero-order chi connectivity index (χ0) is 17.3. The van der Waals surface area contributed by atoms with Gasteiger partial charge in [-0.05, 0) is 5.56 Å². The van der Waals surface area contributed by atoms with Crippen LogP contribution in [0.1, 0.15) is 27.5 Å². The predicted octanol–water partition coefficient (Wildman–Crippen LogP) is 2.17. The summed E-state index contributed by atoms with van der Waals surface area (Å²) in [6.07, 6.45) is -2.99. The van der Waals surface area contributed by atoms with E-state index in [1.54, 1.807) is 24.3 Å². The van der Waals surface area contributed by atoms with Crippen LogP contribution in [-0.4, -0.2) is 26.2 Å². The van der Waals surface area contributed by atoms with Crippen molar-refractivity contribution < 1.29 is 22.5 Å². The summed E-state index contributed by atoms with van der Waals surface area (Å²) >= 11 is 0. The highest BCUT2D eigenvalue weighted by Gasteiger charge is 2.38. The number of alkyl halides is 3. The van der Waals surface area contributed by atoms with Crippen molar-refractivity contribution in [2.75, 3.05) is 0 Å². The maximum atomic E-state index is 12.5. The Morgan fingerprint density at radius 3 is 2.54 bits per heavy atom. The number of hydrogen-bond acceptors (Lipinski definition) is 5. The van der Waals surface area contributed by atoms with E-state index in [1.165, 1.54) is 6.20 Å². The normalized spacial score (nSPS) is 11.6. The second kappa shape index (κ2) is 5.80. The minimum Gasteiger partial charge on any atom is -0.365 e. The van der Waals surface area contributed by atoms with E-state index in [-0.39, 0.29) is 11.4 Å². The first kappa shape index (κ1) is 15.7. The lowest BCUT2D eigenvalue weighted by atomic mass is 10.0. The van der Waals surface area contributed by atoms with Crippen LogP contribution in [0.5, 0.6) is 0 Å². The van der Waals surface area contributed by atoms with E-state index in [2.05, 4.69) is 24.9 Å². The third-order valence-electron chi connectivity index (χ3n) is 3.25. The van der Waals surface area contributed by atoms with Crippen LogP contribution in [0.2, 0.25) is 0 Å². The Labute approximate surface area is 132 Å². The first-order chi connectivity index (χ1) is 11.3. The average molecular weight is 337 g/mol. The largest absolute Gasteiger partial charge is 0.471 e. The van der Waals surface area contributed by atoms with Gasteiger partial charge >= 0.3 is 12.1 Å². The average Bonchev–Trinajstić information content (AvgIpc) is 3.16. The standard InChI is InChI=1S/C14H10F3N5O2/c15-14(16,17)13-20-12(22-24-13)8-3-1-7(2-4-8)5-10-9(11(18)23)6-19-21-10/h1-4,6H,5H2,(H2,18,23)(H,19,21). The van der Waals surface area contributed by atoms with E-state index in [4.69, 9.17) is 5.73 Å². The first-order valence-corrected chi connectivity index (χ1v) is 6.67. The molecule has 3 rings (SSSR count). The summed E-state index contributed by atoms with van der Waals surface area (Å²) < 4.78 is 41.5. The molecular weight excluding hydrogens is 327 g/mol. The van der Waals surface area contributed by atoms with Crippen LogP contribution in [0.3, 0.4) is 0 Å². The molecular formula is C14H10F3N5O2. The summed E-state index contributed by atoms with van der Waals surface area (Å²) in [4.78, 5) is 14.6. The maximum absolute atomic E-state index is 12.5. The Kier molecular flexibility index (Phi) is 3.80. The molecule has 0 bridgehead atoms. The topological polar surface area (TPSA) is 111 Å². The molecule has 0 aliphatic rings. The van der Waals surface area contributed by atoms with Crippen molar-refractivity contribution in [3.05, 3.63) is 53.2 Å². The molecule has 0 saturated carbocycles. The Morgan fingerprint density at radius 1 is 1.25 bits per heavy atom. The predicted molar refractivity (Wildman–Crippen MR) is 74.6 cm³/mol. The number of halogens is 3. The SMILES string of the molecule is NC(=O)c1cn[nH]c1Cc1ccc(-c2noc(C(F)(F)F)n2)cc1. The Balaban J connectivity index is 1.79. The molecule has 124 valence electrons. The van der Waals surface area contributed by atoms with Gasteiger partial charge in [0.1, 0.15) is 0 Å². The number of amides is 1. The van der Waals surface area contributed by atoms with Crippen molar-refractivity contribution in [1.29, 1.82) is 0 Å². The molecule has 24 heavy (non-hydrogen) atoms. The van der Waals surface area contributed by atoms with Crippen LogP contribution in [0.4, 0.5) is 13.2 Å². The second-order valence-electron chi connectivity index (χ2n) is 4.92. The summed E-state index contributed by atoms with van der Waals surface area (Å²) in [5, 5.41) is 9.76. The summed E-state index contributed by atoms with van der Waals surface area (Å²) in [5.74, 6) is -2.15. The van der Waals surface area contributed by atoms with Crippen LogP contribution >= 0.6 is 0 Å². The van der Waals surface area contributed by atoms with Crippen LogP contribution in [0, 0.1) is 0 Å². The number of aromatic amines is 1. The minimum atomic E-state index is -4.68. The number of carbonyl (C=O) groups is 1. The van der Waals surface area contributed by atoms with Gasteiger partial charge in [0.25, 0.3) is 5.91 Å². The smallest absolute Gasteiger partial charge is 0.365 e. The minimum absolute atomic E-state index is 0.159. The fourth-order valence-electron chi connectivity index (χ4n) is 2.09. The summed E-state index contributed by atoms with van der Waals surface area (Å²) in [6, 6.07) is 6.45. The molecule has 0 atom stereocenters. The molecule has 10 heteroatoms. The van der Waals surface area contributed by atoms with Gasteiger partial charge in [0.2, 0.25) is 5.82 Å². The number of benzene rings is 1. The van der Waals surface area contributed by atoms with E-state index in [0.717, 1.165) is 5.56 Å². The molecule has 0 aliphatic carbocycles. The second-order valence-corrected chi connectivity index (χ2v) is 4.92. The molecule has 0 aliphatic heterocycles. The molecule has 2 aromatic heterocycles. The third-order valence-corrected chi connectivity index (χ3v) is 3.25. The zero-order valence-corrected chi connectivity index (χ0v) is 12.0. The van der Waals surface area contributed by atoms with Crippen molar-refractivity contribution in [3.63, 3.8) is 0 Å². The molecule has 7 nitrogen and oxygen atoms in total. The Hall–Kier alpha value is -3.17. The summed E-state index contributed by atoms with van der Waals surface area (Å²) in [7, 11) is 0. The van der Waals surface area contributed by atoms with Gasteiger partial charge in [-0.3, -0.25) is 9.89 Å². The van der Waals surface area contributed by atoms with Gasteiger partial charge in [0, 0.05) is 12.0 Å². The number of primary amides is 1. The van der Waals surface area contributed by atoms with Gasteiger partial charge in [0.05, 0.1) is 17.5 Å². The number of hydrogen-bond donors (Lipinski definition) is 2. The van der Waals surface area contributed by atoms with Crippen LogP contribution in [0.15, 0.2) is 35.0 Å².